The zero-order valence-electron chi connectivity index (χ0n) is 9.06. The fourth-order valence-electron chi connectivity index (χ4n) is 0.666. The second-order valence-corrected chi connectivity index (χ2v) is 3.86. The van der Waals surface area contributed by atoms with Crippen molar-refractivity contribution in [2.75, 3.05) is 12.4 Å². The normalized spacial score (nSPS) is 11.6. The van der Waals surface area contributed by atoms with E-state index in [4.69, 9.17) is 11.6 Å². The summed E-state index contributed by atoms with van der Waals surface area (Å²) in [7, 11) is 0. The number of urea groups is 1. The van der Waals surface area contributed by atoms with Gasteiger partial charge in [0.1, 0.15) is 0 Å². The van der Waals surface area contributed by atoms with Crippen molar-refractivity contribution in [3.8, 4) is 0 Å². The van der Waals surface area contributed by atoms with Gasteiger partial charge in [-0.3, -0.25) is 0 Å². The summed E-state index contributed by atoms with van der Waals surface area (Å²) >= 11 is 5.47. The standard InChI is InChI=1S/C10H19ClN2O/c1-8(2)9(3)7-13-10(14)12-6-4-5-11/h7-8H,4-6H2,1-3H3,(H2,12,13,14)/b9-7+. The molecule has 0 aliphatic heterocycles. The van der Waals surface area contributed by atoms with E-state index >= 15 is 0 Å². The van der Waals surface area contributed by atoms with Crippen molar-refractivity contribution in [1.29, 1.82) is 0 Å². The van der Waals surface area contributed by atoms with E-state index in [-0.39, 0.29) is 6.03 Å². The zero-order chi connectivity index (χ0) is 11.0. The molecule has 0 unspecified atom stereocenters. The molecule has 0 aromatic carbocycles. The monoisotopic (exact) mass is 218 g/mol. The van der Waals surface area contributed by atoms with Crippen LogP contribution < -0.4 is 10.6 Å². The number of carbonyl (C=O) groups is 1. The fraction of sp³-hybridized carbons (Fsp3) is 0.700. The lowest BCUT2D eigenvalue weighted by molar-refractivity contribution is 0.244. The number of allylic oxidation sites excluding steroid dienone is 1. The van der Waals surface area contributed by atoms with E-state index in [0.717, 1.165) is 12.0 Å². The summed E-state index contributed by atoms with van der Waals surface area (Å²) in [5.74, 6) is 1.03. The fourth-order valence-corrected chi connectivity index (χ4v) is 0.799. The van der Waals surface area contributed by atoms with Crippen LogP contribution in [0.15, 0.2) is 11.8 Å². The Morgan fingerprint density at radius 2 is 2.14 bits per heavy atom. The lowest BCUT2D eigenvalue weighted by Gasteiger charge is -2.06. The van der Waals surface area contributed by atoms with E-state index < -0.39 is 0 Å². The van der Waals surface area contributed by atoms with Crippen LogP contribution in [-0.2, 0) is 0 Å². The Morgan fingerprint density at radius 3 is 2.64 bits per heavy atom. The van der Waals surface area contributed by atoms with Crippen LogP contribution in [0.1, 0.15) is 27.2 Å². The van der Waals surface area contributed by atoms with Crippen molar-refractivity contribution < 1.29 is 4.79 Å². The van der Waals surface area contributed by atoms with E-state index in [1.165, 1.54) is 0 Å². The van der Waals surface area contributed by atoms with Crippen LogP contribution in [0.5, 0.6) is 0 Å². The maximum atomic E-state index is 11.1. The predicted octanol–water partition coefficient (Wildman–Crippen LogP) is 2.47. The molecule has 0 bridgehead atoms. The molecule has 0 aliphatic carbocycles. The molecule has 0 radical (unpaired) electrons. The molecule has 0 heterocycles. The van der Waals surface area contributed by atoms with Gasteiger partial charge in [-0.15, -0.1) is 11.6 Å². The molecule has 0 atom stereocenters. The number of rotatable bonds is 5. The van der Waals surface area contributed by atoms with E-state index in [0.29, 0.717) is 18.3 Å². The third-order valence-corrected chi connectivity index (χ3v) is 2.20. The number of halogens is 1. The van der Waals surface area contributed by atoms with Gasteiger partial charge < -0.3 is 10.6 Å². The number of carbonyl (C=O) groups excluding carboxylic acids is 1. The molecule has 0 spiro atoms. The third-order valence-electron chi connectivity index (χ3n) is 1.94. The van der Waals surface area contributed by atoms with Crippen LogP contribution in [0, 0.1) is 5.92 Å². The molecule has 0 saturated heterocycles. The second-order valence-electron chi connectivity index (χ2n) is 3.49. The van der Waals surface area contributed by atoms with Crippen LogP contribution in [0.4, 0.5) is 4.79 Å². The molecular formula is C10H19ClN2O. The molecular weight excluding hydrogens is 200 g/mol. The topological polar surface area (TPSA) is 41.1 Å². The van der Waals surface area contributed by atoms with Gasteiger partial charge in [0, 0.05) is 18.6 Å². The Bertz CT molecular complexity index is 202. The number of amides is 2. The molecule has 82 valence electrons. The van der Waals surface area contributed by atoms with Crippen LogP contribution in [0.2, 0.25) is 0 Å². The van der Waals surface area contributed by atoms with Gasteiger partial charge in [0.15, 0.2) is 0 Å². The zero-order valence-corrected chi connectivity index (χ0v) is 9.82. The van der Waals surface area contributed by atoms with Crippen LogP contribution in [0.25, 0.3) is 0 Å². The molecule has 2 N–H and O–H groups in total. The van der Waals surface area contributed by atoms with E-state index in [9.17, 15) is 4.79 Å². The van der Waals surface area contributed by atoms with Gasteiger partial charge in [-0.25, -0.2) is 4.79 Å². The highest BCUT2D eigenvalue weighted by Crippen LogP contribution is 2.05. The Labute approximate surface area is 90.9 Å². The number of hydrogen-bond donors (Lipinski definition) is 2. The van der Waals surface area contributed by atoms with Crippen molar-refractivity contribution in [3.05, 3.63) is 11.8 Å². The molecule has 4 heteroatoms. The Kier molecular flexibility index (Phi) is 7.30. The lowest BCUT2D eigenvalue weighted by Crippen LogP contribution is -2.33. The van der Waals surface area contributed by atoms with E-state index in [1.54, 1.807) is 6.20 Å². The minimum atomic E-state index is -0.171. The molecule has 0 aromatic rings. The van der Waals surface area contributed by atoms with Gasteiger partial charge >= 0.3 is 6.03 Å². The second kappa shape index (κ2) is 7.68. The molecule has 0 aliphatic rings. The Balaban J connectivity index is 3.68. The molecule has 14 heavy (non-hydrogen) atoms. The largest absolute Gasteiger partial charge is 0.338 e. The minimum absolute atomic E-state index is 0.171. The number of alkyl halides is 1. The first-order valence-electron chi connectivity index (χ1n) is 4.85. The van der Waals surface area contributed by atoms with Gasteiger partial charge in [-0.05, 0) is 19.3 Å². The summed E-state index contributed by atoms with van der Waals surface area (Å²) in [6, 6.07) is -0.171. The first-order valence-corrected chi connectivity index (χ1v) is 5.38. The number of nitrogens with one attached hydrogen (secondary N) is 2. The maximum absolute atomic E-state index is 11.1. The van der Waals surface area contributed by atoms with Crippen molar-refractivity contribution in [1.82, 2.24) is 10.6 Å². The molecule has 3 nitrogen and oxygen atoms in total. The SMILES string of the molecule is C/C(=C\NC(=O)NCCCCl)C(C)C. The average Bonchev–Trinajstić information content (AvgIpc) is 2.14. The highest BCUT2D eigenvalue weighted by atomic mass is 35.5. The summed E-state index contributed by atoms with van der Waals surface area (Å²) in [6.45, 7) is 6.77. The highest BCUT2D eigenvalue weighted by Gasteiger charge is 1.98. The molecule has 0 fully saturated rings. The minimum Gasteiger partial charge on any atom is -0.338 e. The molecule has 0 aromatic heterocycles. The third kappa shape index (κ3) is 6.78. The summed E-state index contributed by atoms with van der Waals surface area (Å²) in [5.41, 5.74) is 1.15. The van der Waals surface area contributed by atoms with Crippen LogP contribution >= 0.6 is 11.6 Å². The quantitative estimate of drug-likeness (QED) is 0.540. The summed E-state index contributed by atoms with van der Waals surface area (Å²) in [6.07, 6.45) is 2.53. The number of hydrogen-bond acceptors (Lipinski definition) is 1. The van der Waals surface area contributed by atoms with Gasteiger partial charge in [0.05, 0.1) is 0 Å². The lowest BCUT2D eigenvalue weighted by atomic mass is 10.1. The van der Waals surface area contributed by atoms with Gasteiger partial charge in [-0.2, -0.15) is 0 Å². The Hall–Kier alpha value is -0.700. The van der Waals surface area contributed by atoms with E-state index in [1.807, 2.05) is 6.92 Å². The van der Waals surface area contributed by atoms with Crippen molar-refractivity contribution >= 4 is 17.6 Å². The smallest absolute Gasteiger partial charge is 0.318 e. The van der Waals surface area contributed by atoms with Crippen molar-refractivity contribution in [2.24, 2.45) is 5.92 Å². The van der Waals surface area contributed by atoms with Crippen LogP contribution in [-0.4, -0.2) is 18.5 Å². The first-order chi connectivity index (χ1) is 6.57. The Morgan fingerprint density at radius 1 is 1.50 bits per heavy atom. The molecule has 0 rings (SSSR count). The van der Waals surface area contributed by atoms with Gasteiger partial charge in [0.2, 0.25) is 0 Å². The summed E-state index contributed by atoms with van der Waals surface area (Å²) in [4.78, 5) is 11.1. The van der Waals surface area contributed by atoms with Gasteiger partial charge in [0.25, 0.3) is 0 Å². The van der Waals surface area contributed by atoms with Crippen molar-refractivity contribution in [3.63, 3.8) is 0 Å². The molecule has 0 saturated carbocycles. The summed E-state index contributed by atoms with van der Waals surface area (Å²) < 4.78 is 0. The highest BCUT2D eigenvalue weighted by molar-refractivity contribution is 6.17. The predicted molar refractivity (Wildman–Crippen MR) is 60.5 cm³/mol. The van der Waals surface area contributed by atoms with Crippen molar-refractivity contribution in [2.45, 2.75) is 27.2 Å². The maximum Gasteiger partial charge on any atom is 0.318 e. The average molecular weight is 219 g/mol. The first kappa shape index (κ1) is 13.3. The summed E-state index contributed by atoms with van der Waals surface area (Å²) in [5, 5.41) is 5.37. The van der Waals surface area contributed by atoms with E-state index in [2.05, 4.69) is 24.5 Å². The molecule has 2 amide bonds. The van der Waals surface area contributed by atoms with Crippen LogP contribution in [0.3, 0.4) is 0 Å². The van der Waals surface area contributed by atoms with Gasteiger partial charge in [-0.1, -0.05) is 19.4 Å².